The molecule has 4 rings (SSSR count). The van der Waals surface area contributed by atoms with Crippen molar-refractivity contribution in [3.05, 3.63) is 79.6 Å². The van der Waals surface area contributed by atoms with Crippen LogP contribution in [0.5, 0.6) is 11.5 Å². The summed E-state index contributed by atoms with van der Waals surface area (Å²) in [5.41, 5.74) is 0.746. The molecule has 0 saturated carbocycles. The van der Waals surface area contributed by atoms with Crippen LogP contribution >= 0.6 is 11.3 Å². The summed E-state index contributed by atoms with van der Waals surface area (Å²) in [4.78, 5) is 27.4. The molecule has 1 N–H and O–H groups in total. The fourth-order valence-corrected chi connectivity index (χ4v) is 3.92. The molecule has 0 bridgehead atoms. The second-order valence-electron chi connectivity index (χ2n) is 6.85. The van der Waals surface area contributed by atoms with Crippen molar-refractivity contribution in [3.63, 3.8) is 0 Å². The van der Waals surface area contributed by atoms with E-state index in [1.807, 2.05) is 0 Å². The molecule has 0 fully saturated rings. The number of nitriles is 1. The average Bonchev–Trinajstić information content (AvgIpc) is 3.33. The van der Waals surface area contributed by atoms with Gasteiger partial charge in [-0.2, -0.15) is 5.26 Å². The number of nitro benzene ring substituents is 1. The van der Waals surface area contributed by atoms with Gasteiger partial charge in [0.25, 0.3) is 5.69 Å². The fourth-order valence-electron chi connectivity index (χ4n) is 3.13. The van der Waals surface area contributed by atoms with Crippen molar-refractivity contribution < 1.29 is 18.8 Å². The van der Waals surface area contributed by atoms with E-state index in [-0.39, 0.29) is 22.4 Å². The molecule has 4 aromatic rings. The summed E-state index contributed by atoms with van der Waals surface area (Å²) >= 11 is 1.17. The predicted molar refractivity (Wildman–Crippen MR) is 127 cm³/mol. The molecule has 170 valence electrons. The molecule has 0 atom stereocenters. The lowest BCUT2D eigenvalue weighted by Crippen LogP contribution is -2.03. The zero-order chi connectivity index (χ0) is 24.2. The van der Waals surface area contributed by atoms with Crippen LogP contribution < -0.4 is 20.4 Å². The zero-order valence-electron chi connectivity index (χ0n) is 17.9. The average molecular weight is 476 g/mol. The predicted octanol–water partition coefficient (Wildman–Crippen LogP) is 4.82. The maximum absolute atomic E-state index is 12.5. The highest BCUT2D eigenvalue weighted by atomic mass is 32.1. The van der Waals surface area contributed by atoms with E-state index in [2.05, 4.69) is 16.4 Å². The van der Waals surface area contributed by atoms with E-state index in [1.54, 1.807) is 30.7 Å². The number of non-ortho nitro benzene ring substituents is 1. The van der Waals surface area contributed by atoms with Crippen molar-refractivity contribution in [1.29, 1.82) is 5.26 Å². The smallest absolute Gasteiger partial charge is 0.345 e. The van der Waals surface area contributed by atoms with E-state index in [0.717, 1.165) is 0 Å². The normalized spacial score (nSPS) is 11.1. The monoisotopic (exact) mass is 476 g/mol. The highest BCUT2D eigenvalue weighted by molar-refractivity contribution is 7.11. The minimum atomic E-state index is -0.637. The molecule has 0 aliphatic carbocycles. The summed E-state index contributed by atoms with van der Waals surface area (Å²) in [5.74, 6) is 1.14. The number of thiazole rings is 1. The molecule has 0 radical (unpaired) electrons. The van der Waals surface area contributed by atoms with Crippen molar-refractivity contribution in [3.8, 4) is 28.8 Å². The molecule has 10 nitrogen and oxygen atoms in total. The van der Waals surface area contributed by atoms with Crippen LogP contribution in [0.1, 0.15) is 5.01 Å². The Balaban J connectivity index is 1.66. The van der Waals surface area contributed by atoms with Crippen molar-refractivity contribution in [2.75, 3.05) is 19.5 Å². The second kappa shape index (κ2) is 9.43. The Morgan fingerprint density at radius 1 is 1.24 bits per heavy atom. The summed E-state index contributed by atoms with van der Waals surface area (Å²) in [6.07, 6.45) is 1.49. The van der Waals surface area contributed by atoms with Crippen LogP contribution in [0.4, 0.5) is 11.4 Å². The number of aromatic nitrogens is 1. The Morgan fingerprint density at radius 2 is 2.06 bits per heavy atom. The van der Waals surface area contributed by atoms with Gasteiger partial charge in [-0.15, -0.1) is 11.3 Å². The van der Waals surface area contributed by atoms with E-state index >= 15 is 0 Å². The van der Waals surface area contributed by atoms with Gasteiger partial charge in [-0.25, -0.2) is 9.78 Å². The molecule has 0 unspecified atom stereocenters. The van der Waals surface area contributed by atoms with Crippen LogP contribution in [0.2, 0.25) is 0 Å². The number of rotatable bonds is 7. The third-order valence-corrected chi connectivity index (χ3v) is 5.71. The van der Waals surface area contributed by atoms with E-state index in [4.69, 9.17) is 13.9 Å². The molecule has 0 aliphatic rings. The lowest BCUT2D eigenvalue weighted by molar-refractivity contribution is -0.384. The van der Waals surface area contributed by atoms with E-state index < -0.39 is 10.5 Å². The van der Waals surface area contributed by atoms with Gasteiger partial charge in [-0.1, -0.05) is 0 Å². The molecule has 2 aromatic carbocycles. The van der Waals surface area contributed by atoms with Crippen LogP contribution in [0.25, 0.3) is 27.8 Å². The first kappa shape index (κ1) is 22.5. The van der Waals surface area contributed by atoms with Gasteiger partial charge >= 0.3 is 5.63 Å². The molecule has 2 heterocycles. The standard InChI is InChI=1S/C23H16N4O6S/c1-31-16-4-5-18(21(9-16)32-2)25-11-14(10-24)22-26-19(12-34-22)17-8-13-7-15(27(29)30)3-6-20(13)33-23(17)28/h3-9,11-12,25H,1-2H3/b14-11+. The summed E-state index contributed by atoms with van der Waals surface area (Å²) in [6, 6.07) is 12.7. The largest absolute Gasteiger partial charge is 0.497 e. The van der Waals surface area contributed by atoms with Crippen molar-refractivity contribution >= 4 is 39.3 Å². The van der Waals surface area contributed by atoms with E-state index in [1.165, 1.54) is 48.9 Å². The quantitative estimate of drug-likeness (QED) is 0.172. The maximum Gasteiger partial charge on any atom is 0.345 e. The number of nitrogens with one attached hydrogen (secondary N) is 1. The first-order chi connectivity index (χ1) is 16.4. The lowest BCUT2D eigenvalue weighted by atomic mass is 10.1. The number of benzene rings is 2. The third kappa shape index (κ3) is 4.43. The molecule has 11 heteroatoms. The summed E-state index contributed by atoms with van der Waals surface area (Å²) < 4.78 is 15.8. The summed E-state index contributed by atoms with van der Waals surface area (Å²) in [5, 5.41) is 26.1. The minimum Gasteiger partial charge on any atom is -0.497 e. The highest BCUT2D eigenvalue weighted by Gasteiger charge is 2.16. The Morgan fingerprint density at radius 3 is 2.76 bits per heavy atom. The highest BCUT2D eigenvalue weighted by Crippen LogP contribution is 2.31. The van der Waals surface area contributed by atoms with Gasteiger partial charge in [-0.3, -0.25) is 10.1 Å². The van der Waals surface area contributed by atoms with Crippen LogP contribution in [-0.2, 0) is 0 Å². The van der Waals surface area contributed by atoms with Crippen molar-refractivity contribution in [1.82, 2.24) is 4.98 Å². The lowest BCUT2D eigenvalue weighted by Gasteiger charge is -2.10. The van der Waals surface area contributed by atoms with Crippen LogP contribution in [0.15, 0.2) is 63.3 Å². The first-order valence-electron chi connectivity index (χ1n) is 9.71. The molecule has 0 saturated heterocycles. The van der Waals surface area contributed by atoms with Gasteiger partial charge in [0, 0.05) is 35.2 Å². The second-order valence-corrected chi connectivity index (χ2v) is 7.70. The number of fused-ring (bicyclic) bond motifs is 1. The van der Waals surface area contributed by atoms with Crippen LogP contribution in [0.3, 0.4) is 0 Å². The van der Waals surface area contributed by atoms with Crippen molar-refractivity contribution in [2.45, 2.75) is 0 Å². The van der Waals surface area contributed by atoms with Gasteiger partial charge in [0.1, 0.15) is 33.7 Å². The van der Waals surface area contributed by atoms with Gasteiger partial charge < -0.3 is 19.2 Å². The van der Waals surface area contributed by atoms with Crippen LogP contribution in [0, 0.1) is 21.4 Å². The minimum absolute atomic E-state index is 0.124. The number of anilines is 1. The molecule has 2 aromatic heterocycles. The van der Waals surface area contributed by atoms with Gasteiger partial charge in [0.15, 0.2) is 0 Å². The number of nitro groups is 1. The molecule has 0 amide bonds. The Hall–Kier alpha value is -4.69. The van der Waals surface area contributed by atoms with Gasteiger partial charge in [0.2, 0.25) is 0 Å². The molecular formula is C23H16N4O6S. The number of nitrogens with zero attached hydrogens (tertiary/aromatic N) is 3. The number of hydrogen-bond donors (Lipinski definition) is 1. The molecule has 0 spiro atoms. The molecular weight excluding hydrogens is 460 g/mol. The Bertz CT molecular complexity index is 1530. The third-order valence-electron chi connectivity index (χ3n) is 4.84. The topological polar surface area (TPSA) is 141 Å². The van der Waals surface area contributed by atoms with Gasteiger partial charge in [0.05, 0.1) is 36.1 Å². The Labute approximate surface area is 196 Å². The number of hydrogen-bond acceptors (Lipinski definition) is 10. The van der Waals surface area contributed by atoms with E-state index in [0.29, 0.717) is 33.3 Å². The molecule has 34 heavy (non-hydrogen) atoms. The van der Waals surface area contributed by atoms with Gasteiger partial charge in [-0.05, 0) is 24.3 Å². The number of ether oxygens (including phenoxy) is 2. The Kier molecular flexibility index (Phi) is 6.24. The summed E-state index contributed by atoms with van der Waals surface area (Å²) in [6.45, 7) is 0. The number of methoxy groups -OCH3 is 2. The maximum atomic E-state index is 12.5. The molecule has 0 aliphatic heterocycles. The van der Waals surface area contributed by atoms with E-state index in [9.17, 15) is 20.2 Å². The summed E-state index contributed by atoms with van der Waals surface area (Å²) in [7, 11) is 3.07. The van der Waals surface area contributed by atoms with Crippen molar-refractivity contribution in [2.24, 2.45) is 0 Å². The van der Waals surface area contributed by atoms with Crippen LogP contribution in [-0.4, -0.2) is 24.1 Å². The number of allylic oxidation sites excluding steroid dienone is 1. The first-order valence-corrected chi connectivity index (χ1v) is 10.6. The SMILES string of the molecule is COc1ccc(N/C=C(\C#N)c2nc(-c3cc4cc([N+](=O)[O-])ccc4oc3=O)cs2)c(OC)c1. The fraction of sp³-hybridized carbons (Fsp3) is 0.0870. The zero-order valence-corrected chi connectivity index (χ0v) is 18.7.